The molecule has 3 amide bonds. The van der Waals surface area contributed by atoms with Gasteiger partial charge in [0.25, 0.3) is 5.91 Å². The highest BCUT2D eigenvalue weighted by atomic mass is 16.2. The second-order valence-corrected chi connectivity index (χ2v) is 5.55. The molecule has 118 valence electrons. The Morgan fingerprint density at radius 2 is 2.00 bits per heavy atom. The van der Waals surface area contributed by atoms with Gasteiger partial charge in [-0.1, -0.05) is 18.2 Å². The minimum atomic E-state index is -0.644. The number of amides is 3. The zero-order valence-electron chi connectivity index (χ0n) is 12.6. The molecule has 6 heteroatoms. The van der Waals surface area contributed by atoms with E-state index in [1.165, 1.54) is 0 Å². The van der Waals surface area contributed by atoms with Crippen LogP contribution in [0, 0.1) is 0 Å². The molecule has 1 aliphatic rings. The molecular weight excluding hydrogens is 304 g/mol. The number of aromatic amines is 1. The summed E-state index contributed by atoms with van der Waals surface area (Å²) in [5, 5.41) is 6.39. The summed E-state index contributed by atoms with van der Waals surface area (Å²) in [7, 11) is 0. The molecule has 4 rings (SSSR count). The van der Waals surface area contributed by atoms with Crippen molar-refractivity contribution in [2.45, 2.75) is 0 Å². The molecule has 0 bridgehead atoms. The van der Waals surface area contributed by atoms with Crippen molar-refractivity contribution in [2.24, 2.45) is 5.73 Å². The Morgan fingerprint density at radius 1 is 1.17 bits per heavy atom. The lowest BCUT2D eigenvalue weighted by Crippen LogP contribution is -2.19. The average molecular weight is 318 g/mol. The number of urea groups is 1. The molecule has 0 saturated carbocycles. The smallest absolute Gasteiger partial charge is 0.316 e. The first-order valence-corrected chi connectivity index (χ1v) is 7.42. The van der Waals surface area contributed by atoms with Gasteiger partial charge in [-0.2, -0.15) is 0 Å². The Morgan fingerprint density at radius 3 is 2.83 bits per heavy atom. The molecule has 0 saturated heterocycles. The Kier molecular flexibility index (Phi) is 3.09. The number of para-hydroxylation sites is 1. The Bertz CT molecular complexity index is 1020. The van der Waals surface area contributed by atoms with Gasteiger partial charge >= 0.3 is 6.03 Å². The summed E-state index contributed by atoms with van der Waals surface area (Å²) in [4.78, 5) is 26.5. The van der Waals surface area contributed by atoms with Gasteiger partial charge in [0.1, 0.15) is 0 Å². The van der Waals surface area contributed by atoms with E-state index < -0.39 is 6.03 Å². The topological polar surface area (TPSA) is 100 Å². The van der Waals surface area contributed by atoms with Crippen LogP contribution in [-0.4, -0.2) is 16.9 Å². The number of primary amides is 1. The highest BCUT2D eigenvalue weighted by Gasteiger charge is 2.24. The molecule has 24 heavy (non-hydrogen) atoms. The monoisotopic (exact) mass is 318 g/mol. The Balaban J connectivity index is 1.82. The van der Waals surface area contributed by atoms with E-state index in [2.05, 4.69) is 15.6 Å². The van der Waals surface area contributed by atoms with E-state index >= 15 is 0 Å². The summed E-state index contributed by atoms with van der Waals surface area (Å²) in [5.74, 6) is -0.175. The second-order valence-electron chi connectivity index (χ2n) is 5.55. The lowest BCUT2D eigenvalue weighted by molar-refractivity contribution is -0.110. The predicted octanol–water partition coefficient (Wildman–Crippen LogP) is 3.15. The van der Waals surface area contributed by atoms with Crippen molar-refractivity contribution in [3.63, 3.8) is 0 Å². The lowest BCUT2D eigenvalue weighted by Gasteiger charge is -2.04. The maximum atomic E-state index is 12.3. The van der Waals surface area contributed by atoms with Gasteiger partial charge in [-0.25, -0.2) is 4.79 Å². The number of fused-ring (bicyclic) bond motifs is 2. The molecule has 2 aromatic carbocycles. The van der Waals surface area contributed by atoms with Gasteiger partial charge in [0.05, 0.1) is 0 Å². The second kappa shape index (κ2) is 5.27. The van der Waals surface area contributed by atoms with Crippen LogP contribution in [0.2, 0.25) is 0 Å². The van der Waals surface area contributed by atoms with Crippen molar-refractivity contribution in [1.29, 1.82) is 0 Å². The number of carbonyl (C=O) groups is 2. The fourth-order valence-corrected chi connectivity index (χ4v) is 2.92. The highest BCUT2D eigenvalue weighted by molar-refractivity contribution is 6.35. The number of nitrogens with one attached hydrogen (secondary N) is 3. The zero-order chi connectivity index (χ0) is 16.7. The molecule has 2 heterocycles. The summed E-state index contributed by atoms with van der Waals surface area (Å²) >= 11 is 0. The van der Waals surface area contributed by atoms with Gasteiger partial charge in [-0.15, -0.1) is 0 Å². The fraction of sp³-hybridized carbons (Fsp3) is 0. The van der Waals surface area contributed by atoms with Crippen LogP contribution in [0.1, 0.15) is 11.1 Å². The van der Waals surface area contributed by atoms with Crippen molar-refractivity contribution in [1.82, 2.24) is 4.98 Å². The molecule has 3 aromatic rings. The summed E-state index contributed by atoms with van der Waals surface area (Å²) < 4.78 is 0. The van der Waals surface area contributed by atoms with E-state index in [0.717, 1.165) is 22.0 Å². The quantitative estimate of drug-likeness (QED) is 0.546. The minimum Gasteiger partial charge on any atom is -0.361 e. The molecule has 0 radical (unpaired) electrons. The van der Waals surface area contributed by atoms with Crippen molar-refractivity contribution >= 4 is 45.9 Å². The summed E-state index contributed by atoms with van der Waals surface area (Å²) in [6.45, 7) is 0. The van der Waals surface area contributed by atoms with Crippen LogP contribution in [0.5, 0.6) is 0 Å². The molecule has 1 aliphatic heterocycles. The maximum absolute atomic E-state index is 12.3. The standard InChI is InChI=1S/C18H14N4O2/c19-18(24)21-11-5-6-16-13(8-11)14(17(23)22-16)7-10-9-20-15-4-2-1-3-12(10)15/h1-9,20H,(H,22,23)(H3,19,21,24)/b14-7+. The largest absolute Gasteiger partial charge is 0.361 e. The van der Waals surface area contributed by atoms with E-state index in [9.17, 15) is 9.59 Å². The fourth-order valence-electron chi connectivity index (χ4n) is 2.92. The number of benzene rings is 2. The highest BCUT2D eigenvalue weighted by Crippen LogP contribution is 2.36. The molecule has 0 atom stereocenters. The van der Waals surface area contributed by atoms with Crippen LogP contribution >= 0.6 is 0 Å². The summed E-state index contributed by atoms with van der Waals surface area (Å²) in [6.07, 6.45) is 3.71. The zero-order valence-corrected chi connectivity index (χ0v) is 12.6. The van der Waals surface area contributed by atoms with E-state index in [4.69, 9.17) is 5.73 Å². The predicted molar refractivity (Wildman–Crippen MR) is 94.4 cm³/mol. The van der Waals surface area contributed by atoms with Gasteiger partial charge in [0, 0.05) is 45.2 Å². The number of rotatable bonds is 2. The van der Waals surface area contributed by atoms with E-state index in [-0.39, 0.29) is 5.91 Å². The number of nitrogens with two attached hydrogens (primary N) is 1. The molecule has 0 fully saturated rings. The Labute approximate surface area is 137 Å². The van der Waals surface area contributed by atoms with Crippen LogP contribution < -0.4 is 16.4 Å². The van der Waals surface area contributed by atoms with E-state index in [1.807, 2.05) is 36.5 Å². The third kappa shape index (κ3) is 2.30. The molecule has 0 unspecified atom stereocenters. The molecular formula is C18H14N4O2. The van der Waals surface area contributed by atoms with Crippen LogP contribution in [0.4, 0.5) is 16.2 Å². The lowest BCUT2D eigenvalue weighted by atomic mass is 10.0. The van der Waals surface area contributed by atoms with Crippen LogP contribution in [0.3, 0.4) is 0 Å². The van der Waals surface area contributed by atoms with Gasteiger partial charge in [-0.05, 0) is 30.3 Å². The first-order valence-electron chi connectivity index (χ1n) is 7.42. The molecule has 0 spiro atoms. The van der Waals surface area contributed by atoms with Crippen molar-refractivity contribution < 1.29 is 9.59 Å². The van der Waals surface area contributed by atoms with Gasteiger partial charge in [-0.3, -0.25) is 4.79 Å². The van der Waals surface area contributed by atoms with Crippen molar-refractivity contribution in [3.8, 4) is 0 Å². The average Bonchev–Trinajstić information content (AvgIpc) is 3.09. The molecule has 0 aliphatic carbocycles. The van der Waals surface area contributed by atoms with E-state index in [1.54, 1.807) is 18.2 Å². The molecule has 1 aromatic heterocycles. The SMILES string of the molecule is NC(=O)Nc1ccc2c(c1)/C(=C\c1c[nH]c3ccccc13)C(=O)N2. The van der Waals surface area contributed by atoms with Crippen LogP contribution in [-0.2, 0) is 4.79 Å². The number of aromatic nitrogens is 1. The summed E-state index contributed by atoms with van der Waals surface area (Å²) in [5.41, 5.74) is 9.62. The first-order chi connectivity index (χ1) is 11.6. The van der Waals surface area contributed by atoms with Crippen molar-refractivity contribution in [3.05, 3.63) is 59.8 Å². The number of anilines is 2. The van der Waals surface area contributed by atoms with Gasteiger partial charge in [0.2, 0.25) is 0 Å². The maximum Gasteiger partial charge on any atom is 0.316 e. The first kappa shape index (κ1) is 14.1. The third-order valence-corrected chi connectivity index (χ3v) is 3.99. The van der Waals surface area contributed by atoms with Crippen LogP contribution in [0.15, 0.2) is 48.7 Å². The third-order valence-electron chi connectivity index (χ3n) is 3.99. The minimum absolute atomic E-state index is 0.175. The number of hydrogen-bond donors (Lipinski definition) is 4. The number of hydrogen-bond acceptors (Lipinski definition) is 2. The summed E-state index contributed by atoms with van der Waals surface area (Å²) in [6, 6.07) is 12.4. The number of carbonyl (C=O) groups excluding carboxylic acids is 2. The van der Waals surface area contributed by atoms with Gasteiger partial charge < -0.3 is 21.4 Å². The normalized spacial score (nSPS) is 14.7. The molecule has 5 N–H and O–H groups in total. The number of H-pyrrole nitrogens is 1. The van der Waals surface area contributed by atoms with Crippen LogP contribution in [0.25, 0.3) is 22.6 Å². The van der Waals surface area contributed by atoms with Crippen molar-refractivity contribution in [2.75, 3.05) is 10.6 Å². The van der Waals surface area contributed by atoms with E-state index in [0.29, 0.717) is 16.9 Å². The molecule has 6 nitrogen and oxygen atoms in total. The van der Waals surface area contributed by atoms with Gasteiger partial charge in [0.15, 0.2) is 0 Å². The Hall–Kier alpha value is -3.54.